The van der Waals surface area contributed by atoms with Crippen molar-refractivity contribution in [3.05, 3.63) is 22.4 Å². The van der Waals surface area contributed by atoms with Crippen LogP contribution in [0.1, 0.15) is 5.56 Å². The van der Waals surface area contributed by atoms with Crippen molar-refractivity contribution >= 4 is 17.4 Å². The van der Waals surface area contributed by atoms with E-state index >= 15 is 0 Å². The number of rotatable bonds is 2. The van der Waals surface area contributed by atoms with Crippen LogP contribution < -0.4 is 0 Å². The standard InChI is InChI=1S/C9H12N2OS/c1-11(9-10-3-4-12-9)6-8-2-5-13-7-8/h2,5,7H,3-4,6H2,1H3. The summed E-state index contributed by atoms with van der Waals surface area (Å²) in [6.45, 7) is 2.40. The van der Waals surface area contributed by atoms with Crippen LogP contribution >= 0.6 is 11.3 Å². The molecule has 1 aromatic heterocycles. The lowest BCUT2D eigenvalue weighted by Crippen LogP contribution is -2.26. The zero-order valence-electron chi connectivity index (χ0n) is 7.56. The summed E-state index contributed by atoms with van der Waals surface area (Å²) in [5.74, 6) is 0. The van der Waals surface area contributed by atoms with Crippen molar-refractivity contribution in [2.24, 2.45) is 4.99 Å². The first-order chi connectivity index (χ1) is 6.36. The zero-order valence-corrected chi connectivity index (χ0v) is 8.38. The van der Waals surface area contributed by atoms with E-state index in [4.69, 9.17) is 4.74 Å². The summed E-state index contributed by atoms with van der Waals surface area (Å²) in [5.41, 5.74) is 1.31. The maximum Gasteiger partial charge on any atom is 0.287 e. The molecular weight excluding hydrogens is 184 g/mol. The second kappa shape index (κ2) is 3.79. The summed E-state index contributed by atoms with van der Waals surface area (Å²) in [5, 5.41) is 4.23. The van der Waals surface area contributed by atoms with Gasteiger partial charge in [-0.3, -0.25) is 0 Å². The molecule has 1 aromatic rings. The molecule has 3 nitrogen and oxygen atoms in total. The predicted molar refractivity (Wildman–Crippen MR) is 54.0 cm³/mol. The lowest BCUT2D eigenvalue weighted by Gasteiger charge is -2.16. The molecule has 0 fully saturated rings. The maximum absolute atomic E-state index is 5.34. The second-order valence-corrected chi connectivity index (χ2v) is 3.78. The van der Waals surface area contributed by atoms with Gasteiger partial charge < -0.3 is 9.64 Å². The molecule has 0 aliphatic carbocycles. The van der Waals surface area contributed by atoms with Crippen LogP contribution in [0.3, 0.4) is 0 Å². The summed E-state index contributed by atoms with van der Waals surface area (Å²) >= 11 is 1.72. The third kappa shape index (κ3) is 2.01. The molecule has 0 bridgehead atoms. The van der Waals surface area contributed by atoms with Crippen molar-refractivity contribution < 1.29 is 4.74 Å². The quantitative estimate of drug-likeness (QED) is 0.717. The van der Waals surface area contributed by atoms with Crippen molar-refractivity contribution in [2.45, 2.75) is 6.54 Å². The van der Waals surface area contributed by atoms with E-state index < -0.39 is 0 Å². The van der Waals surface area contributed by atoms with Gasteiger partial charge in [-0.25, -0.2) is 4.99 Å². The van der Waals surface area contributed by atoms with Crippen LogP contribution in [0.5, 0.6) is 0 Å². The van der Waals surface area contributed by atoms with Gasteiger partial charge in [0, 0.05) is 13.6 Å². The first-order valence-electron chi connectivity index (χ1n) is 4.26. The Morgan fingerprint density at radius 2 is 2.62 bits per heavy atom. The van der Waals surface area contributed by atoms with Gasteiger partial charge in [0.05, 0.1) is 6.54 Å². The number of ether oxygens (including phenoxy) is 1. The molecule has 13 heavy (non-hydrogen) atoms. The molecule has 0 atom stereocenters. The lowest BCUT2D eigenvalue weighted by molar-refractivity contribution is 0.280. The Morgan fingerprint density at radius 1 is 1.69 bits per heavy atom. The molecule has 0 amide bonds. The minimum absolute atomic E-state index is 0.726. The molecule has 1 aliphatic heterocycles. The largest absolute Gasteiger partial charge is 0.463 e. The molecule has 0 spiro atoms. The molecule has 70 valence electrons. The van der Waals surface area contributed by atoms with Gasteiger partial charge in [0.2, 0.25) is 0 Å². The minimum Gasteiger partial charge on any atom is -0.463 e. The van der Waals surface area contributed by atoms with Crippen molar-refractivity contribution in [3.8, 4) is 0 Å². The highest BCUT2D eigenvalue weighted by Crippen LogP contribution is 2.10. The molecule has 2 heterocycles. The highest BCUT2D eigenvalue weighted by Gasteiger charge is 2.12. The number of hydrogen-bond acceptors (Lipinski definition) is 4. The normalized spacial score (nSPS) is 15.3. The third-order valence-electron chi connectivity index (χ3n) is 1.90. The van der Waals surface area contributed by atoms with E-state index in [-0.39, 0.29) is 0 Å². The van der Waals surface area contributed by atoms with E-state index in [0.29, 0.717) is 0 Å². The number of aliphatic imine (C=N–C) groups is 1. The molecule has 0 N–H and O–H groups in total. The van der Waals surface area contributed by atoms with Gasteiger partial charge in [-0.05, 0) is 22.4 Å². The Labute approximate surface area is 81.7 Å². The monoisotopic (exact) mass is 196 g/mol. The number of thiophene rings is 1. The van der Waals surface area contributed by atoms with Gasteiger partial charge in [0.1, 0.15) is 6.61 Å². The maximum atomic E-state index is 5.34. The smallest absolute Gasteiger partial charge is 0.287 e. The third-order valence-corrected chi connectivity index (χ3v) is 2.63. The summed E-state index contributed by atoms with van der Waals surface area (Å²) in [4.78, 5) is 6.28. The average Bonchev–Trinajstić information content (AvgIpc) is 2.74. The summed E-state index contributed by atoms with van der Waals surface area (Å²) < 4.78 is 5.34. The van der Waals surface area contributed by atoms with Gasteiger partial charge in [0.15, 0.2) is 0 Å². The van der Waals surface area contributed by atoms with E-state index in [1.807, 2.05) is 11.9 Å². The van der Waals surface area contributed by atoms with E-state index in [1.165, 1.54) is 5.56 Å². The zero-order chi connectivity index (χ0) is 9.10. The number of nitrogens with zero attached hydrogens (tertiary/aromatic N) is 2. The summed E-state index contributed by atoms with van der Waals surface area (Å²) in [6, 6.07) is 2.89. The highest BCUT2D eigenvalue weighted by atomic mass is 32.1. The van der Waals surface area contributed by atoms with Crippen LogP contribution in [0.25, 0.3) is 0 Å². The SMILES string of the molecule is CN(Cc1ccsc1)C1=NCCO1. The fraction of sp³-hybridized carbons (Fsp3) is 0.444. The fourth-order valence-electron chi connectivity index (χ4n) is 1.28. The van der Waals surface area contributed by atoms with Crippen molar-refractivity contribution in [3.63, 3.8) is 0 Å². The Kier molecular flexibility index (Phi) is 2.49. The molecule has 0 unspecified atom stereocenters. The lowest BCUT2D eigenvalue weighted by atomic mass is 10.3. The Balaban J connectivity index is 1.95. The Bertz CT molecular complexity index is 295. The summed E-state index contributed by atoms with van der Waals surface area (Å²) in [6.07, 6.45) is 0. The first-order valence-corrected chi connectivity index (χ1v) is 5.20. The topological polar surface area (TPSA) is 24.8 Å². The molecule has 4 heteroatoms. The van der Waals surface area contributed by atoms with Crippen LogP contribution in [0.15, 0.2) is 21.8 Å². The van der Waals surface area contributed by atoms with Crippen LogP contribution in [0.4, 0.5) is 0 Å². The van der Waals surface area contributed by atoms with Gasteiger partial charge in [-0.2, -0.15) is 11.3 Å². The van der Waals surface area contributed by atoms with Crippen LogP contribution in [0.2, 0.25) is 0 Å². The number of hydrogen-bond donors (Lipinski definition) is 0. The van der Waals surface area contributed by atoms with Crippen LogP contribution in [-0.2, 0) is 11.3 Å². The van der Waals surface area contributed by atoms with Gasteiger partial charge >= 0.3 is 0 Å². The van der Waals surface area contributed by atoms with E-state index in [0.717, 1.165) is 25.7 Å². The van der Waals surface area contributed by atoms with Crippen LogP contribution in [-0.4, -0.2) is 31.1 Å². The molecule has 0 radical (unpaired) electrons. The average molecular weight is 196 g/mol. The van der Waals surface area contributed by atoms with Crippen molar-refractivity contribution in [1.82, 2.24) is 4.90 Å². The van der Waals surface area contributed by atoms with Crippen molar-refractivity contribution in [1.29, 1.82) is 0 Å². The van der Waals surface area contributed by atoms with Gasteiger partial charge in [-0.15, -0.1) is 0 Å². The van der Waals surface area contributed by atoms with E-state index in [2.05, 4.69) is 21.8 Å². The molecule has 0 saturated carbocycles. The molecule has 1 aliphatic rings. The Hall–Kier alpha value is -1.03. The highest BCUT2D eigenvalue weighted by molar-refractivity contribution is 7.07. The van der Waals surface area contributed by atoms with Gasteiger partial charge in [-0.1, -0.05) is 0 Å². The minimum atomic E-state index is 0.726. The number of amidine groups is 1. The molecule has 2 rings (SSSR count). The Morgan fingerprint density at radius 3 is 3.23 bits per heavy atom. The second-order valence-electron chi connectivity index (χ2n) is 3.00. The predicted octanol–water partition coefficient (Wildman–Crippen LogP) is 1.57. The van der Waals surface area contributed by atoms with Crippen molar-refractivity contribution in [2.75, 3.05) is 20.2 Å². The first kappa shape index (κ1) is 8.56. The molecule has 0 aromatic carbocycles. The fourth-order valence-corrected chi connectivity index (χ4v) is 1.94. The molecular formula is C9H12N2OS. The molecule has 0 saturated heterocycles. The van der Waals surface area contributed by atoms with E-state index in [1.54, 1.807) is 11.3 Å². The van der Waals surface area contributed by atoms with E-state index in [9.17, 15) is 0 Å². The van der Waals surface area contributed by atoms with Gasteiger partial charge in [0.25, 0.3) is 6.02 Å². The summed E-state index contributed by atoms with van der Waals surface area (Å²) in [7, 11) is 2.00. The van der Waals surface area contributed by atoms with Crippen LogP contribution in [0, 0.1) is 0 Å².